The highest BCUT2D eigenvalue weighted by atomic mass is 16.2. The molecule has 3 aromatic rings. The van der Waals surface area contributed by atoms with Gasteiger partial charge in [-0.1, -0.05) is 24.3 Å². The minimum Gasteiger partial charge on any atom is -0.396 e. The van der Waals surface area contributed by atoms with Crippen LogP contribution >= 0.6 is 0 Å². The van der Waals surface area contributed by atoms with E-state index in [0.717, 1.165) is 27.8 Å². The second-order valence-electron chi connectivity index (χ2n) is 4.57. The lowest BCUT2D eigenvalue weighted by atomic mass is 10.1. The molecule has 3 rings (SSSR count). The summed E-state index contributed by atoms with van der Waals surface area (Å²) in [6.45, 7) is 2.18. The topological polar surface area (TPSA) is 50.9 Å². The normalized spacial score (nSPS) is 11.1. The van der Waals surface area contributed by atoms with Crippen molar-refractivity contribution in [1.29, 1.82) is 0 Å². The van der Waals surface area contributed by atoms with Crippen molar-refractivity contribution >= 4 is 11.0 Å². The molecule has 19 heavy (non-hydrogen) atoms. The molecular weight excluding hydrogens is 238 g/mol. The molecule has 1 heterocycles. The van der Waals surface area contributed by atoms with Gasteiger partial charge in [0.05, 0.1) is 5.69 Å². The molecule has 96 valence electrons. The van der Waals surface area contributed by atoms with Crippen LogP contribution in [-0.2, 0) is 6.42 Å². The van der Waals surface area contributed by atoms with E-state index in [1.165, 1.54) is 0 Å². The molecule has 4 heteroatoms. The van der Waals surface area contributed by atoms with E-state index < -0.39 is 0 Å². The number of aryl methyl sites for hydroxylation is 1. The summed E-state index contributed by atoms with van der Waals surface area (Å²) in [7, 11) is 0. The van der Waals surface area contributed by atoms with Crippen LogP contribution in [0.1, 0.15) is 11.1 Å². The van der Waals surface area contributed by atoms with Crippen LogP contribution in [0, 0.1) is 6.92 Å². The van der Waals surface area contributed by atoms with Crippen molar-refractivity contribution in [1.82, 2.24) is 15.0 Å². The Balaban J connectivity index is 2.11. The van der Waals surface area contributed by atoms with Crippen molar-refractivity contribution in [2.24, 2.45) is 0 Å². The van der Waals surface area contributed by atoms with Gasteiger partial charge in [0.15, 0.2) is 0 Å². The van der Waals surface area contributed by atoms with Gasteiger partial charge in [0.25, 0.3) is 0 Å². The van der Waals surface area contributed by atoms with Crippen molar-refractivity contribution in [2.45, 2.75) is 13.3 Å². The van der Waals surface area contributed by atoms with Gasteiger partial charge >= 0.3 is 0 Å². The van der Waals surface area contributed by atoms with E-state index in [1.54, 1.807) is 4.80 Å². The maximum atomic E-state index is 9.03. The van der Waals surface area contributed by atoms with Gasteiger partial charge < -0.3 is 5.11 Å². The Labute approximate surface area is 111 Å². The lowest BCUT2D eigenvalue weighted by molar-refractivity contribution is 0.299. The SMILES string of the molecule is Cc1ccc(CCO)cc1-n1nc2ccccc2n1. The fourth-order valence-electron chi connectivity index (χ4n) is 2.12. The minimum atomic E-state index is 0.150. The number of aromatic nitrogens is 3. The Morgan fingerprint density at radius 2 is 1.74 bits per heavy atom. The van der Waals surface area contributed by atoms with Crippen LogP contribution < -0.4 is 0 Å². The molecule has 0 aliphatic rings. The fourth-order valence-corrected chi connectivity index (χ4v) is 2.12. The van der Waals surface area contributed by atoms with E-state index >= 15 is 0 Å². The first-order chi connectivity index (χ1) is 9.28. The Kier molecular flexibility index (Phi) is 3.01. The van der Waals surface area contributed by atoms with E-state index in [2.05, 4.69) is 10.2 Å². The number of aliphatic hydroxyl groups is 1. The molecule has 0 atom stereocenters. The maximum Gasteiger partial charge on any atom is 0.113 e. The Morgan fingerprint density at radius 3 is 2.37 bits per heavy atom. The lowest BCUT2D eigenvalue weighted by Crippen LogP contribution is -2.03. The van der Waals surface area contributed by atoms with Gasteiger partial charge in [0.2, 0.25) is 0 Å². The maximum absolute atomic E-state index is 9.03. The largest absolute Gasteiger partial charge is 0.396 e. The highest BCUT2D eigenvalue weighted by molar-refractivity contribution is 5.73. The van der Waals surface area contributed by atoms with Crippen LogP contribution in [-0.4, -0.2) is 26.7 Å². The summed E-state index contributed by atoms with van der Waals surface area (Å²) >= 11 is 0. The molecule has 1 N–H and O–H groups in total. The first-order valence-electron chi connectivity index (χ1n) is 6.31. The molecular formula is C15H15N3O. The van der Waals surface area contributed by atoms with Crippen molar-refractivity contribution in [2.75, 3.05) is 6.61 Å². The number of rotatable bonds is 3. The first-order valence-corrected chi connectivity index (χ1v) is 6.31. The van der Waals surface area contributed by atoms with E-state index in [0.29, 0.717) is 6.42 Å². The standard InChI is InChI=1S/C15H15N3O/c1-11-6-7-12(8-9-19)10-15(11)18-16-13-4-2-3-5-14(13)17-18/h2-7,10,19H,8-9H2,1H3. The van der Waals surface area contributed by atoms with Crippen LogP contribution in [0.5, 0.6) is 0 Å². The van der Waals surface area contributed by atoms with E-state index in [-0.39, 0.29) is 6.61 Å². The smallest absolute Gasteiger partial charge is 0.113 e. The third kappa shape index (κ3) is 2.22. The summed E-state index contributed by atoms with van der Waals surface area (Å²) in [4.78, 5) is 1.67. The van der Waals surface area contributed by atoms with Crippen LogP contribution in [0.3, 0.4) is 0 Å². The average molecular weight is 253 g/mol. The molecule has 4 nitrogen and oxygen atoms in total. The number of benzene rings is 2. The third-order valence-corrected chi connectivity index (χ3v) is 3.18. The lowest BCUT2D eigenvalue weighted by Gasteiger charge is -2.06. The second-order valence-corrected chi connectivity index (χ2v) is 4.57. The molecule has 0 saturated carbocycles. The number of fused-ring (bicyclic) bond motifs is 1. The van der Waals surface area contributed by atoms with Crippen molar-refractivity contribution < 1.29 is 5.11 Å². The van der Waals surface area contributed by atoms with Gasteiger partial charge in [-0.15, -0.1) is 10.2 Å². The third-order valence-electron chi connectivity index (χ3n) is 3.18. The van der Waals surface area contributed by atoms with Crippen molar-refractivity contribution in [3.05, 3.63) is 53.6 Å². The van der Waals surface area contributed by atoms with Crippen LogP contribution in [0.4, 0.5) is 0 Å². The summed E-state index contributed by atoms with van der Waals surface area (Å²) in [5.74, 6) is 0. The highest BCUT2D eigenvalue weighted by Crippen LogP contribution is 2.17. The molecule has 0 unspecified atom stereocenters. The Bertz CT molecular complexity index is 685. The van der Waals surface area contributed by atoms with Crippen LogP contribution in [0.25, 0.3) is 16.7 Å². The van der Waals surface area contributed by atoms with Crippen molar-refractivity contribution in [3.63, 3.8) is 0 Å². The molecule has 0 aliphatic carbocycles. The van der Waals surface area contributed by atoms with Gasteiger partial charge in [0, 0.05) is 6.61 Å². The first kappa shape index (κ1) is 11.9. The van der Waals surface area contributed by atoms with E-state index in [1.807, 2.05) is 49.4 Å². The Hall–Kier alpha value is -2.20. The molecule has 0 aliphatic heterocycles. The minimum absolute atomic E-state index is 0.150. The molecule has 1 aromatic heterocycles. The molecule has 0 radical (unpaired) electrons. The molecule has 2 aromatic carbocycles. The number of hydrogen-bond donors (Lipinski definition) is 1. The summed E-state index contributed by atoms with van der Waals surface area (Å²) in [6.07, 6.45) is 0.647. The Morgan fingerprint density at radius 1 is 1.05 bits per heavy atom. The zero-order valence-electron chi connectivity index (χ0n) is 10.7. The van der Waals surface area contributed by atoms with Crippen LogP contribution in [0.15, 0.2) is 42.5 Å². The highest BCUT2D eigenvalue weighted by Gasteiger charge is 2.07. The van der Waals surface area contributed by atoms with Gasteiger partial charge in [0.1, 0.15) is 11.0 Å². The zero-order chi connectivity index (χ0) is 13.2. The van der Waals surface area contributed by atoms with Gasteiger partial charge in [-0.05, 0) is 42.7 Å². The molecule has 0 amide bonds. The summed E-state index contributed by atoms with van der Waals surface area (Å²) in [5, 5.41) is 18.0. The van der Waals surface area contributed by atoms with Crippen molar-refractivity contribution in [3.8, 4) is 5.69 Å². The average Bonchev–Trinajstić information content (AvgIpc) is 2.85. The quantitative estimate of drug-likeness (QED) is 0.779. The van der Waals surface area contributed by atoms with Gasteiger partial charge in [-0.25, -0.2) is 0 Å². The number of hydrogen-bond acceptors (Lipinski definition) is 3. The molecule has 0 bridgehead atoms. The molecule has 0 saturated heterocycles. The summed E-state index contributed by atoms with van der Waals surface area (Å²) < 4.78 is 0. The van der Waals surface area contributed by atoms with Gasteiger partial charge in [-0.2, -0.15) is 4.80 Å². The van der Waals surface area contributed by atoms with Gasteiger partial charge in [-0.3, -0.25) is 0 Å². The molecule has 0 spiro atoms. The monoisotopic (exact) mass is 253 g/mol. The zero-order valence-corrected chi connectivity index (χ0v) is 10.7. The number of nitrogens with zero attached hydrogens (tertiary/aromatic N) is 3. The fraction of sp³-hybridized carbons (Fsp3) is 0.200. The number of aliphatic hydroxyl groups excluding tert-OH is 1. The van der Waals surface area contributed by atoms with Crippen LogP contribution in [0.2, 0.25) is 0 Å². The summed E-state index contributed by atoms with van der Waals surface area (Å²) in [5.41, 5.74) is 4.93. The van der Waals surface area contributed by atoms with E-state index in [9.17, 15) is 0 Å². The molecule has 0 fully saturated rings. The van der Waals surface area contributed by atoms with E-state index in [4.69, 9.17) is 5.11 Å². The predicted octanol–water partition coefficient (Wildman–Crippen LogP) is 2.26. The summed E-state index contributed by atoms with van der Waals surface area (Å²) in [6, 6.07) is 13.9. The second kappa shape index (κ2) is 4.82. The predicted molar refractivity (Wildman–Crippen MR) is 74.4 cm³/mol.